The van der Waals surface area contributed by atoms with E-state index >= 15 is 0 Å². The zero-order valence-electron chi connectivity index (χ0n) is 74.4. The van der Waals surface area contributed by atoms with Gasteiger partial charge in [0.25, 0.3) is 0 Å². The number of rotatable bonds is 7. The maximum absolute atomic E-state index is 4.48. The Bertz CT molecular complexity index is 8000. The first-order valence-corrected chi connectivity index (χ1v) is 44.9. The van der Waals surface area contributed by atoms with E-state index in [1.165, 1.54) is 32.2 Å². The van der Waals surface area contributed by atoms with Crippen LogP contribution in [0.3, 0.4) is 0 Å². The van der Waals surface area contributed by atoms with Crippen molar-refractivity contribution in [3.63, 3.8) is 0 Å². The summed E-state index contributed by atoms with van der Waals surface area (Å²) < 4.78 is 18.1. The summed E-state index contributed by atoms with van der Waals surface area (Å²) in [6.07, 6.45) is 22.2. The molecule has 0 fully saturated rings. The van der Waals surface area contributed by atoms with Gasteiger partial charge in [0.05, 0.1) is 55.3 Å². The summed E-state index contributed by atoms with van der Waals surface area (Å²) in [5.74, 6) is 4.35. The molecule has 0 saturated carbocycles. The maximum Gasteiger partial charge on any atom is 3.00 e. The predicted octanol–water partition coefficient (Wildman–Crippen LogP) is 25.3. The molecule has 14 heterocycles. The van der Waals surface area contributed by atoms with Gasteiger partial charge in [-0.15, -0.1) is 83.2 Å². The number of fused-ring (bicyclic) bond motifs is 21. The van der Waals surface area contributed by atoms with Gasteiger partial charge in [-0.1, -0.05) is 173 Å². The van der Waals surface area contributed by atoms with Crippen LogP contribution in [0, 0.1) is 49.1 Å². The molecule has 0 N–H and O–H groups in total. The Balaban J connectivity index is 0.000000106. The molecule has 0 spiro atoms. The van der Waals surface area contributed by atoms with Crippen molar-refractivity contribution in [3.8, 4) is 44.8 Å². The number of anilines is 3. The van der Waals surface area contributed by atoms with E-state index in [1.54, 1.807) is 29.9 Å². The molecule has 1 aliphatic rings. The molecule has 25 heteroatoms. The minimum atomic E-state index is 0. The first kappa shape index (κ1) is 94.5. The first-order valence-electron chi connectivity index (χ1n) is 44.0. The first-order chi connectivity index (χ1) is 67.5. The third-order valence-electron chi connectivity index (χ3n) is 23.0. The minimum Gasteiger partial charge on any atom is -0.504 e. The number of pyridine rings is 2. The number of benzene rings is 15. The van der Waals surface area contributed by atoms with Gasteiger partial charge in [-0.2, -0.15) is 134 Å². The topological polar surface area (TPSA) is 174 Å². The third kappa shape index (κ3) is 19.1. The van der Waals surface area contributed by atoms with Crippen molar-refractivity contribution in [3.05, 3.63) is 494 Å². The summed E-state index contributed by atoms with van der Waals surface area (Å²) in [6, 6.07) is 146. The van der Waals surface area contributed by atoms with Crippen molar-refractivity contribution in [2.75, 3.05) is 16.8 Å². The van der Waals surface area contributed by atoms with Gasteiger partial charge in [-0.3, -0.25) is 27.6 Å². The van der Waals surface area contributed by atoms with E-state index in [0.29, 0.717) is 5.82 Å². The van der Waals surface area contributed by atoms with E-state index in [-0.39, 0.29) is 80.4 Å². The molecule has 29 rings (SSSR count). The second kappa shape index (κ2) is 43.6. The van der Waals surface area contributed by atoms with Crippen LogP contribution in [0.4, 0.5) is 17.1 Å². The molecule has 0 unspecified atom stereocenters. The van der Waals surface area contributed by atoms with Crippen LogP contribution < -0.4 is 14.8 Å². The Hall–Kier alpha value is -15.9. The standard InChI is InChI=1S/C16H9N2.4C15H10N3.C14H12N2.C13H8NS.C12H8N3.4Ir/c1-3-7-13-11(5-1)12-6-2-4-8-14(12)16-15(13)17-9-10-18-16;4*1-2-6-12(7-3-1)18-14-9-5-4-8-13(14)17-11-10-16-15(17)18;1-15-11-16(12-7-3-2-4-8-12)14-10-6-5-9-13(14)15;1-2-7-12-10(5-1)9-13(15-12)11-6-3-4-8-14-11;1-2-6-10-9(5-1)14-12(15-10)11-7-3-4-8-13-11;;;;/h1-7,9-10H;4*1-6,8-11H;2-7,9-11H,1H3;2*1-8H;;;;/q5*-1;-2;2*-1;;;;+3. The number of nitrogens with zero attached hydrogens (tertiary/aromatic N) is 20. The summed E-state index contributed by atoms with van der Waals surface area (Å²) >= 11 is 1.73. The molecule has 0 aliphatic carbocycles. The minimum absolute atomic E-state index is 0. The predicted molar refractivity (Wildman–Crippen MR) is 546 cm³/mol. The molecule has 0 saturated heterocycles. The van der Waals surface area contributed by atoms with E-state index in [2.05, 4.69) is 273 Å². The fraction of sp³-hybridized carbons (Fsp3) is 0.00870. The van der Waals surface area contributed by atoms with Crippen LogP contribution in [-0.4, -0.2) is 87.8 Å². The summed E-state index contributed by atoms with van der Waals surface area (Å²) in [5.41, 5.74) is 22.2. The molecule has 28 aromatic rings. The van der Waals surface area contributed by atoms with Gasteiger partial charge in [0.1, 0.15) is 0 Å². The molecule has 15 aromatic carbocycles. The number of aromatic nitrogens is 18. The van der Waals surface area contributed by atoms with Gasteiger partial charge in [-0.25, -0.2) is 31.3 Å². The van der Waals surface area contributed by atoms with Crippen LogP contribution in [0.15, 0.2) is 444 Å². The van der Waals surface area contributed by atoms with Gasteiger partial charge < -0.3 is 48.0 Å². The molecule has 0 amide bonds. The van der Waals surface area contributed by atoms with Gasteiger partial charge in [0.15, 0.2) is 0 Å². The van der Waals surface area contributed by atoms with E-state index in [1.807, 2.05) is 304 Å². The molecule has 0 bridgehead atoms. The summed E-state index contributed by atoms with van der Waals surface area (Å²) in [6.45, 7) is 2.08. The molecule has 3 radical (unpaired) electrons. The third-order valence-corrected chi connectivity index (χ3v) is 24.1. The fourth-order valence-electron chi connectivity index (χ4n) is 17.0. The van der Waals surface area contributed by atoms with E-state index in [4.69, 9.17) is 0 Å². The maximum atomic E-state index is 4.48. The van der Waals surface area contributed by atoms with Gasteiger partial charge in [0.2, 0.25) is 23.1 Å². The zero-order valence-corrected chi connectivity index (χ0v) is 84.8. The molecule has 0 atom stereocenters. The second-order valence-corrected chi connectivity index (χ2v) is 32.3. The Morgan fingerprint density at radius 1 is 0.300 bits per heavy atom. The van der Waals surface area contributed by atoms with Crippen molar-refractivity contribution in [2.45, 2.75) is 0 Å². The quantitative estimate of drug-likeness (QED) is 0.109. The Morgan fingerprint density at radius 3 is 1.13 bits per heavy atom. The zero-order chi connectivity index (χ0) is 90.9. The normalized spacial score (nSPS) is 11.2. The SMILES string of the molecule is CN1[CH-]N(c2[c-]cccc2)c2ccccc21.[Ir+3].[Ir].[Ir].[Ir].[c-]1c(-c2ccccn2)sc2ccccc12.[c-]1cccc2c1c1nccnc1c1ccccc21.[c-]1ccccc1-n1c2ccccc2n2ccnc12.[c-]1ccccc1-n1c2ccccc2n2ccnc12.[c-]1ccccc1-n1c2ccccc2n2ccnc12.[c-]1ccccc1-n1c2ccccc2n2ccnc12.c1ccc(-c2nc3ccccc3[n-]2)nc1. The van der Waals surface area contributed by atoms with Crippen molar-refractivity contribution in [1.82, 2.24) is 85.7 Å². The van der Waals surface area contributed by atoms with Crippen LogP contribution in [0.2, 0.25) is 0 Å². The van der Waals surface area contributed by atoms with Crippen LogP contribution in [0.1, 0.15) is 0 Å². The molecule has 13 aromatic heterocycles. The van der Waals surface area contributed by atoms with Crippen LogP contribution in [-0.2, 0) is 80.4 Å². The van der Waals surface area contributed by atoms with E-state index in [9.17, 15) is 0 Å². The second-order valence-electron chi connectivity index (χ2n) is 31.3. The Morgan fingerprint density at radius 2 is 0.679 bits per heavy atom. The number of para-hydroxylation sites is 17. The van der Waals surface area contributed by atoms with Crippen molar-refractivity contribution in [2.24, 2.45) is 0 Å². The Labute approximate surface area is 863 Å². The van der Waals surface area contributed by atoms with E-state index < -0.39 is 0 Å². The van der Waals surface area contributed by atoms with Crippen molar-refractivity contribution >= 4 is 149 Å². The van der Waals surface area contributed by atoms with Crippen molar-refractivity contribution < 1.29 is 80.4 Å². The monoisotopic (exact) mass is 2540 g/mol. The van der Waals surface area contributed by atoms with Gasteiger partial charge in [-0.05, 0) is 118 Å². The summed E-state index contributed by atoms with van der Waals surface area (Å²) in [5, 5.41) is 5.74. The Kier molecular flexibility index (Phi) is 29.5. The number of hydrogen-bond acceptors (Lipinski definition) is 12. The van der Waals surface area contributed by atoms with Crippen molar-refractivity contribution in [1.29, 1.82) is 0 Å². The van der Waals surface area contributed by atoms with Gasteiger partial charge in [0, 0.05) is 157 Å². The average Bonchev–Trinajstić information content (AvgIpc) is 1.73. The molecular weight excluding hydrogens is 2460 g/mol. The molecular formula is C115H77Ir4N20S-6. The summed E-state index contributed by atoms with van der Waals surface area (Å²) in [7, 11) is 2.06. The number of thiophene rings is 1. The number of hydrogen-bond donors (Lipinski definition) is 0. The largest absolute Gasteiger partial charge is 3.00 e. The number of imidazole rings is 9. The van der Waals surface area contributed by atoms with Crippen LogP contribution >= 0.6 is 11.3 Å². The molecule has 685 valence electrons. The van der Waals surface area contributed by atoms with Crippen LogP contribution in [0.5, 0.6) is 0 Å². The molecule has 20 nitrogen and oxygen atoms in total. The molecule has 140 heavy (non-hydrogen) atoms. The molecule has 1 aliphatic heterocycles. The fourth-order valence-corrected chi connectivity index (χ4v) is 18.0. The summed E-state index contributed by atoms with van der Waals surface area (Å²) in [4.78, 5) is 49.4. The average molecular weight is 2540 g/mol. The smallest absolute Gasteiger partial charge is 0.504 e. The van der Waals surface area contributed by atoms with Gasteiger partial charge >= 0.3 is 20.1 Å². The van der Waals surface area contributed by atoms with E-state index in [0.717, 1.165) is 145 Å². The van der Waals surface area contributed by atoms with Crippen LogP contribution in [0.25, 0.3) is 166 Å².